The molecule has 9 heteroatoms. The summed E-state index contributed by atoms with van der Waals surface area (Å²) in [5.74, 6) is 0.675. The number of carbonyl (C=O) groups is 1. The molecule has 1 saturated heterocycles. The molecule has 0 saturated carbocycles. The highest BCUT2D eigenvalue weighted by Gasteiger charge is 2.34. The van der Waals surface area contributed by atoms with Crippen molar-refractivity contribution < 1.29 is 13.2 Å². The van der Waals surface area contributed by atoms with E-state index in [9.17, 15) is 13.2 Å². The summed E-state index contributed by atoms with van der Waals surface area (Å²) in [4.78, 5) is 23.1. The topological polar surface area (TPSA) is 116 Å². The fraction of sp³-hybridized carbons (Fsp3) is 0.368. The molecule has 0 bridgehead atoms. The molecule has 28 heavy (non-hydrogen) atoms. The van der Waals surface area contributed by atoms with Crippen LogP contribution in [0.1, 0.15) is 35.2 Å². The number of anilines is 2. The molecule has 1 atom stereocenters. The van der Waals surface area contributed by atoms with Crippen LogP contribution in [-0.4, -0.2) is 53.3 Å². The quantitative estimate of drug-likeness (QED) is 0.818. The molecule has 1 aromatic carbocycles. The molecule has 8 nitrogen and oxygen atoms in total. The lowest BCUT2D eigenvalue weighted by Gasteiger charge is -2.26. The SMILES string of the molecule is CCN(C(=O)c1cc(Nc2ccc(C#N)cc2)nc(C)n1)C1CCS(=O)(=O)C1. The van der Waals surface area contributed by atoms with E-state index in [1.54, 1.807) is 42.2 Å². The van der Waals surface area contributed by atoms with Crippen molar-refractivity contribution in [1.29, 1.82) is 5.26 Å². The van der Waals surface area contributed by atoms with E-state index in [4.69, 9.17) is 5.26 Å². The van der Waals surface area contributed by atoms with Gasteiger partial charge in [0.2, 0.25) is 0 Å². The molecule has 1 N–H and O–H groups in total. The molecule has 1 aliphatic rings. The summed E-state index contributed by atoms with van der Waals surface area (Å²) in [6, 6.07) is 10.1. The van der Waals surface area contributed by atoms with E-state index in [1.165, 1.54) is 0 Å². The fourth-order valence-corrected chi connectivity index (χ4v) is 4.98. The molecule has 0 radical (unpaired) electrons. The van der Waals surface area contributed by atoms with Crippen LogP contribution < -0.4 is 5.32 Å². The van der Waals surface area contributed by atoms with Crippen molar-refractivity contribution in [2.24, 2.45) is 0 Å². The molecular formula is C19H21N5O3S. The number of aryl methyl sites for hydroxylation is 1. The van der Waals surface area contributed by atoms with Gasteiger partial charge in [0.1, 0.15) is 17.3 Å². The Morgan fingerprint density at radius 2 is 2.04 bits per heavy atom. The predicted molar refractivity (Wildman–Crippen MR) is 105 cm³/mol. The average molecular weight is 399 g/mol. The monoisotopic (exact) mass is 399 g/mol. The van der Waals surface area contributed by atoms with Gasteiger partial charge in [-0.1, -0.05) is 0 Å². The maximum absolute atomic E-state index is 13.0. The number of sulfone groups is 1. The number of hydrogen-bond donors (Lipinski definition) is 1. The van der Waals surface area contributed by atoms with Gasteiger partial charge < -0.3 is 10.2 Å². The van der Waals surface area contributed by atoms with Crippen LogP contribution in [0, 0.1) is 18.3 Å². The Bertz CT molecular complexity index is 1030. The molecule has 1 aromatic heterocycles. The zero-order valence-electron chi connectivity index (χ0n) is 15.7. The van der Waals surface area contributed by atoms with Crippen molar-refractivity contribution in [3.8, 4) is 6.07 Å². The Morgan fingerprint density at radius 1 is 1.32 bits per heavy atom. The Morgan fingerprint density at radius 3 is 2.61 bits per heavy atom. The van der Waals surface area contributed by atoms with Gasteiger partial charge in [-0.15, -0.1) is 0 Å². The lowest BCUT2D eigenvalue weighted by atomic mass is 10.2. The number of nitriles is 1. The number of amides is 1. The molecule has 0 aliphatic carbocycles. The second-order valence-electron chi connectivity index (χ2n) is 6.65. The van der Waals surface area contributed by atoms with E-state index in [0.29, 0.717) is 30.2 Å². The Hall–Kier alpha value is -2.99. The van der Waals surface area contributed by atoms with Crippen molar-refractivity contribution >= 4 is 27.2 Å². The molecule has 0 spiro atoms. The number of aromatic nitrogens is 2. The summed E-state index contributed by atoms with van der Waals surface area (Å²) in [6.45, 7) is 3.92. The van der Waals surface area contributed by atoms with E-state index < -0.39 is 9.84 Å². The van der Waals surface area contributed by atoms with Crippen LogP contribution in [0.5, 0.6) is 0 Å². The summed E-state index contributed by atoms with van der Waals surface area (Å²) in [7, 11) is -3.09. The van der Waals surface area contributed by atoms with Crippen LogP contribution >= 0.6 is 0 Å². The zero-order valence-corrected chi connectivity index (χ0v) is 16.5. The van der Waals surface area contributed by atoms with Crippen molar-refractivity contribution in [3.05, 3.63) is 47.4 Å². The van der Waals surface area contributed by atoms with Gasteiger partial charge in [0, 0.05) is 24.3 Å². The van der Waals surface area contributed by atoms with Gasteiger partial charge in [0.05, 0.1) is 23.1 Å². The number of benzene rings is 1. The van der Waals surface area contributed by atoms with Crippen molar-refractivity contribution in [1.82, 2.24) is 14.9 Å². The highest BCUT2D eigenvalue weighted by atomic mass is 32.2. The first-order valence-corrected chi connectivity index (χ1v) is 10.8. The summed E-state index contributed by atoms with van der Waals surface area (Å²) < 4.78 is 23.6. The third kappa shape index (κ3) is 4.46. The minimum Gasteiger partial charge on any atom is -0.340 e. The molecule has 1 unspecified atom stereocenters. The van der Waals surface area contributed by atoms with Gasteiger partial charge in [-0.3, -0.25) is 4.79 Å². The first kappa shape index (κ1) is 19.8. The minimum absolute atomic E-state index is 0.00695. The van der Waals surface area contributed by atoms with Crippen LogP contribution in [0.15, 0.2) is 30.3 Å². The molecule has 2 aromatic rings. The third-order valence-electron chi connectivity index (χ3n) is 4.59. The van der Waals surface area contributed by atoms with Crippen LogP contribution in [0.25, 0.3) is 0 Å². The first-order chi connectivity index (χ1) is 13.3. The third-order valence-corrected chi connectivity index (χ3v) is 6.34. The minimum atomic E-state index is -3.09. The normalized spacial score (nSPS) is 17.7. The highest BCUT2D eigenvalue weighted by Crippen LogP contribution is 2.21. The van der Waals surface area contributed by atoms with Crippen molar-refractivity contribution in [3.63, 3.8) is 0 Å². The molecular weight excluding hydrogens is 378 g/mol. The van der Waals surface area contributed by atoms with Gasteiger partial charge in [0.15, 0.2) is 9.84 Å². The van der Waals surface area contributed by atoms with E-state index in [0.717, 1.165) is 5.69 Å². The van der Waals surface area contributed by atoms with Crippen molar-refractivity contribution in [2.75, 3.05) is 23.4 Å². The standard InChI is InChI=1S/C19H21N5O3S/c1-3-24(16-8-9-28(26,27)12-16)19(25)17-10-18(22-13(2)21-17)23-15-6-4-14(11-20)5-7-15/h4-7,10,16H,3,8-9,12H2,1-2H3,(H,21,22,23). The molecule has 2 heterocycles. The van der Waals surface area contributed by atoms with Gasteiger partial charge in [-0.25, -0.2) is 18.4 Å². The Kier molecular flexibility index (Phi) is 5.61. The van der Waals surface area contributed by atoms with Gasteiger partial charge in [0.25, 0.3) is 5.91 Å². The highest BCUT2D eigenvalue weighted by molar-refractivity contribution is 7.91. The number of nitrogens with zero attached hydrogens (tertiary/aromatic N) is 4. The molecule has 1 amide bonds. The summed E-state index contributed by atoms with van der Waals surface area (Å²) >= 11 is 0. The molecule has 1 aliphatic heterocycles. The van der Waals surface area contributed by atoms with Crippen molar-refractivity contribution in [2.45, 2.75) is 26.3 Å². The van der Waals surface area contributed by atoms with Gasteiger partial charge in [-0.2, -0.15) is 5.26 Å². The first-order valence-electron chi connectivity index (χ1n) is 8.95. The zero-order chi connectivity index (χ0) is 20.3. The van der Waals surface area contributed by atoms with Crippen LogP contribution in [-0.2, 0) is 9.84 Å². The van der Waals surface area contributed by atoms with Crippen LogP contribution in [0.2, 0.25) is 0 Å². The maximum atomic E-state index is 13.0. The largest absolute Gasteiger partial charge is 0.340 e. The lowest BCUT2D eigenvalue weighted by molar-refractivity contribution is 0.0702. The van der Waals surface area contributed by atoms with Gasteiger partial charge in [-0.05, 0) is 44.5 Å². The predicted octanol–water partition coefficient (Wildman–Crippen LogP) is 2.05. The van der Waals surface area contributed by atoms with Gasteiger partial charge >= 0.3 is 0 Å². The second-order valence-corrected chi connectivity index (χ2v) is 8.88. The summed E-state index contributed by atoms with van der Waals surface area (Å²) in [5.41, 5.74) is 1.49. The number of rotatable bonds is 5. The van der Waals surface area contributed by atoms with Crippen LogP contribution in [0.4, 0.5) is 11.5 Å². The number of carbonyl (C=O) groups excluding carboxylic acids is 1. The average Bonchev–Trinajstić information content (AvgIpc) is 3.02. The smallest absolute Gasteiger partial charge is 0.272 e. The van der Waals surface area contributed by atoms with Crippen LogP contribution in [0.3, 0.4) is 0 Å². The van der Waals surface area contributed by atoms with E-state index >= 15 is 0 Å². The molecule has 3 rings (SSSR count). The lowest BCUT2D eigenvalue weighted by Crippen LogP contribution is -2.41. The number of nitrogens with one attached hydrogen (secondary N) is 1. The van der Waals surface area contributed by atoms with E-state index in [2.05, 4.69) is 21.4 Å². The Labute approximate surface area is 164 Å². The second kappa shape index (κ2) is 7.94. The maximum Gasteiger partial charge on any atom is 0.272 e. The number of hydrogen-bond acceptors (Lipinski definition) is 7. The van der Waals surface area contributed by atoms with E-state index in [1.807, 2.05) is 6.92 Å². The molecule has 146 valence electrons. The Balaban J connectivity index is 1.83. The summed E-state index contributed by atoms with van der Waals surface area (Å²) in [6.07, 6.45) is 0.447. The van der Waals surface area contributed by atoms with E-state index in [-0.39, 0.29) is 29.1 Å². The fourth-order valence-electron chi connectivity index (χ4n) is 3.25. The molecule has 1 fully saturated rings. The summed E-state index contributed by atoms with van der Waals surface area (Å²) in [5, 5.41) is 12.0.